The molecule has 1 saturated carbocycles. The van der Waals surface area contributed by atoms with Crippen LogP contribution in [0.25, 0.3) is 5.70 Å². The summed E-state index contributed by atoms with van der Waals surface area (Å²) in [5, 5.41) is 3.16. The third kappa shape index (κ3) is 4.52. The predicted octanol–water partition coefficient (Wildman–Crippen LogP) is 3.31. The Hall–Kier alpha value is -1.99. The molecule has 1 unspecified atom stereocenters. The van der Waals surface area contributed by atoms with Gasteiger partial charge in [0, 0.05) is 36.4 Å². The van der Waals surface area contributed by atoms with Crippen molar-refractivity contribution in [1.82, 2.24) is 5.32 Å². The van der Waals surface area contributed by atoms with E-state index >= 15 is 0 Å². The van der Waals surface area contributed by atoms with Crippen LogP contribution in [0.1, 0.15) is 48.8 Å². The van der Waals surface area contributed by atoms with Crippen molar-refractivity contribution in [2.45, 2.75) is 45.1 Å². The Balaban J connectivity index is 1.65. The Morgan fingerprint density at radius 2 is 2.21 bits per heavy atom. The maximum atomic E-state index is 14.4. The second-order valence-electron chi connectivity index (χ2n) is 6.69. The summed E-state index contributed by atoms with van der Waals surface area (Å²) in [6.07, 6.45) is 7.62. The van der Waals surface area contributed by atoms with E-state index in [9.17, 15) is 4.39 Å². The first-order chi connectivity index (χ1) is 11.6. The number of benzene rings is 1. The van der Waals surface area contributed by atoms with Crippen molar-refractivity contribution in [3.05, 3.63) is 40.8 Å². The standard InChI is InChI=1S/C20H25FN2O/c1-14-10-16(8-7-15-5-6-15)11-18(21)20(14)19(22)13-23-12-17-4-2-3-9-24-17/h10-11,13,15,17,23H,2-6,9,12,22H2,1H3/b19-13-. The number of hydrogen-bond donors (Lipinski definition) is 2. The first-order valence-corrected chi connectivity index (χ1v) is 8.76. The molecule has 1 heterocycles. The van der Waals surface area contributed by atoms with Gasteiger partial charge in [0.15, 0.2) is 0 Å². The van der Waals surface area contributed by atoms with Gasteiger partial charge >= 0.3 is 0 Å². The molecule has 1 atom stereocenters. The Bertz CT molecular complexity index is 654. The smallest absolute Gasteiger partial charge is 0.134 e. The zero-order chi connectivity index (χ0) is 16.9. The SMILES string of the molecule is Cc1cc(C#CC2CC2)cc(F)c1/C(N)=C/NCC1CCCCO1. The lowest BCUT2D eigenvalue weighted by Gasteiger charge is -2.22. The topological polar surface area (TPSA) is 47.3 Å². The normalized spacial score (nSPS) is 21.1. The molecule has 4 heteroatoms. The van der Waals surface area contributed by atoms with Gasteiger partial charge in [-0.1, -0.05) is 11.8 Å². The Morgan fingerprint density at radius 3 is 2.88 bits per heavy atom. The average Bonchev–Trinajstić information content (AvgIpc) is 3.38. The molecule has 3 N–H and O–H groups in total. The van der Waals surface area contributed by atoms with Crippen LogP contribution in [-0.2, 0) is 4.74 Å². The fourth-order valence-corrected chi connectivity index (χ4v) is 2.94. The molecule has 0 spiro atoms. The minimum Gasteiger partial charge on any atom is -0.397 e. The summed E-state index contributed by atoms with van der Waals surface area (Å²) in [5.74, 6) is 6.40. The molecule has 0 radical (unpaired) electrons. The number of nitrogens with two attached hydrogens (primary N) is 1. The van der Waals surface area contributed by atoms with E-state index in [0.29, 0.717) is 23.7 Å². The number of nitrogens with one attached hydrogen (secondary N) is 1. The molecule has 3 rings (SSSR count). The summed E-state index contributed by atoms with van der Waals surface area (Å²) >= 11 is 0. The van der Waals surface area contributed by atoms with Gasteiger partial charge in [0.05, 0.1) is 11.8 Å². The Kier molecular flexibility index (Phi) is 5.42. The van der Waals surface area contributed by atoms with Crippen LogP contribution < -0.4 is 11.1 Å². The van der Waals surface area contributed by atoms with Crippen molar-refractivity contribution in [2.24, 2.45) is 11.7 Å². The van der Waals surface area contributed by atoms with E-state index in [2.05, 4.69) is 17.2 Å². The maximum absolute atomic E-state index is 14.4. The van der Waals surface area contributed by atoms with Gasteiger partial charge in [-0.05, 0) is 56.7 Å². The molecule has 0 aromatic heterocycles. The summed E-state index contributed by atoms with van der Waals surface area (Å²) in [5.41, 5.74) is 8.45. The molecule has 1 saturated heterocycles. The van der Waals surface area contributed by atoms with Crippen molar-refractivity contribution < 1.29 is 9.13 Å². The van der Waals surface area contributed by atoms with Gasteiger partial charge in [-0.2, -0.15) is 0 Å². The van der Waals surface area contributed by atoms with Gasteiger partial charge in [0.2, 0.25) is 0 Å². The van der Waals surface area contributed by atoms with Crippen LogP contribution in [0.15, 0.2) is 18.3 Å². The van der Waals surface area contributed by atoms with Crippen LogP contribution in [0.2, 0.25) is 0 Å². The molecule has 2 aliphatic rings. The Labute approximate surface area is 143 Å². The van der Waals surface area contributed by atoms with Gasteiger partial charge < -0.3 is 15.8 Å². The lowest BCUT2D eigenvalue weighted by molar-refractivity contribution is 0.0188. The van der Waals surface area contributed by atoms with Gasteiger partial charge in [0.1, 0.15) is 5.82 Å². The number of rotatable bonds is 4. The molecular formula is C20H25FN2O. The zero-order valence-electron chi connectivity index (χ0n) is 14.2. The fourth-order valence-electron chi connectivity index (χ4n) is 2.94. The molecule has 2 fully saturated rings. The maximum Gasteiger partial charge on any atom is 0.134 e. The van der Waals surface area contributed by atoms with E-state index in [-0.39, 0.29) is 11.9 Å². The van der Waals surface area contributed by atoms with Crippen molar-refractivity contribution in [2.75, 3.05) is 13.2 Å². The molecule has 0 bridgehead atoms. The highest BCUT2D eigenvalue weighted by Crippen LogP contribution is 2.28. The molecular weight excluding hydrogens is 303 g/mol. The lowest BCUT2D eigenvalue weighted by atomic mass is 10.0. The summed E-state index contributed by atoms with van der Waals surface area (Å²) in [4.78, 5) is 0. The second kappa shape index (κ2) is 7.72. The third-order valence-corrected chi connectivity index (χ3v) is 4.45. The van der Waals surface area contributed by atoms with E-state index < -0.39 is 0 Å². The first-order valence-electron chi connectivity index (χ1n) is 8.76. The molecule has 0 amide bonds. The van der Waals surface area contributed by atoms with Crippen LogP contribution in [0.5, 0.6) is 0 Å². The van der Waals surface area contributed by atoms with Gasteiger partial charge in [0.25, 0.3) is 0 Å². The molecule has 1 aliphatic carbocycles. The van der Waals surface area contributed by atoms with Crippen molar-refractivity contribution in [1.29, 1.82) is 0 Å². The van der Waals surface area contributed by atoms with E-state index in [0.717, 1.165) is 30.6 Å². The highest BCUT2D eigenvalue weighted by molar-refractivity contribution is 5.67. The quantitative estimate of drug-likeness (QED) is 0.834. The average molecular weight is 328 g/mol. The Morgan fingerprint density at radius 1 is 1.38 bits per heavy atom. The first kappa shape index (κ1) is 16.9. The summed E-state index contributed by atoms with van der Waals surface area (Å²) in [6, 6.07) is 3.38. The van der Waals surface area contributed by atoms with E-state index in [1.165, 1.54) is 25.3 Å². The van der Waals surface area contributed by atoms with Crippen LogP contribution in [-0.4, -0.2) is 19.3 Å². The summed E-state index contributed by atoms with van der Waals surface area (Å²) in [7, 11) is 0. The number of hydrogen-bond acceptors (Lipinski definition) is 3. The van der Waals surface area contributed by atoms with Gasteiger partial charge in [-0.15, -0.1) is 0 Å². The van der Waals surface area contributed by atoms with Crippen molar-refractivity contribution in [3.63, 3.8) is 0 Å². The summed E-state index contributed by atoms with van der Waals surface area (Å²) < 4.78 is 20.1. The minimum atomic E-state index is -0.320. The third-order valence-electron chi connectivity index (χ3n) is 4.45. The van der Waals surface area contributed by atoms with E-state index in [4.69, 9.17) is 10.5 Å². The molecule has 3 nitrogen and oxygen atoms in total. The van der Waals surface area contributed by atoms with Crippen molar-refractivity contribution in [3.8, 4) is 11.8 Å². The fraction of sp³-hybridized carbons (Fsp3) is 0.500. The van der Waals surface area contributed by atoms with E-state index in [1.54, 1.807) is 6.20 Å². The number of halogens is 1. The van der Waals surface area contributed by atoms with Crippen LogP contribution >= 0.6 is 0 Å². The minimum absolute atomic E-state index is 0.216. The molecule has 1 aliphatic heterocycles. The lowest BCUT2D eigenvalue weighted by Crippen LogP contribution is -2.29. The van der Waals surface area contributed by atoms with Crippen LogP contribution in [0, 0.1) is 30.5 Å². The van der Waals surface area contributed by atoms with Crippen molar-refractivity contribution >= 4 is 5.70 Å². The van der Waals surface area contributed by atoms with Crippen LogP contribution in [0.3, 0.4) is 0 Å². The van der Waals surface area contributed by atoms with Crippen LogP contribution in [0.4, 0.5) is 4.39 Å². The zero-order valence-corrected chi connectivity index (χ0v) is 14.2. The highest BCUT2D eigenvalue weighted by atomic mass is 19.1. The molecule has 24 heavy (non-hydrogen) atoms. The molecule has 1 aromatic rings. The monoisotopic (exact) mass is 328 g/mol. The predicted molar refractivity (Wildman–Crippen MR) is 94.5 cm³/mol. The number of aryl methyl sites for hydroxylation is 1. The van der Waals surface area contributed by atoms with Gasteiger partial charge in [-0.3, -0.25) is 0 Å². The highest BCUT2D eigenvalue weighted by Gasteiger charge is 2.18. The largest absolute Gasteiger partial charge is 0.397 e. The second-order valence-corrected chi connectivity index (χ2v) is 6.69. The summed E-state index contributed by atoms with van der Waals surface area (Å²) in [6.45, 7) is 3.39. The molecule has 128 valence electrons. The molecule has 1 aromatic carbocycles. The number of ether oxygens (including phenoxy) is 1. The van der Waals surface area contributed by atoms with E-state index in [1.807, 2.05) is 13.0 Å². The van der Waals surface area contributed by atoms with Gasteiger partial charge in [-0.25, -0.2) is 4.39 Å².